The fourth-order valence-corrected chi connectivity index (χ4v) is 5.20. The van der Waals surface area contributed by atoms with E-state index in [0.29, 0.717) is 28.8 Å². The van der Waals surface area contributed by atoms with Gasteiger partial charge in [0.15, 0.2) is 5.65 Å². The molecule has 2 aromatic heterocycles. The van der Waals surface area contributed by atoms with Crippen molar-refractivity contribution in [1.82, 2.24) is 14.5 Å². The van der Waals surface area contributed by atoms with Gasteiger partial charge in [-0.2, -0.15) is 5.26 Å². The third kappa shape index (κ3) is 3.67. The summed E-state index contributed by atoms with van der Waals surface area (Å²) in [4.78, 5) is 9.48. The molecule has 4 aromatic rings. The number of aromatic nitrogens is 3. The number of nitrogens with zero attached hydrogens (tertiary/aromatic N) is 4. The molecular formula is C28H22ClFN4O. The van der Waals surface area contributed by atoms with Gasteiger partial charge in [-0.1, -0.05) is 30.2 Å². The highest BCUT2D eigenvalue weighted by Crippen LogP contribution is 2.40. The van der Waals surface area contributed by atoms with Crippen LogP contribution < -0.4 is 4.74 Å². The Balaban J connectivity index is 1.45. The number of imidazole rings is 1. The molecule has 3 heterocycles. The van der Waals surface area contributed by atoms with Crippen LogP contribution in [0.25, 0.3) is 16.7 Å². The van der Waals surface area contributed by atoms with Gasteiger partial charge in [0.1, 0.15) is 29.5 Å². The summed E-state index contributed by atoms with van der Waals surface area (Å²) in [5, 5.41) is 10.3. The van der Waals surface area contributed by atoms with E-state index in [9.17, 15) is 9.65 Å². The van der Waals surface area contributed by atoms with Gasteiger partial charge in [-0.3, -0.25) is 0 Å². The maximum absolute atomic E-state index is 13.9. The number of halogens is 2. The van der Waals surface area contributed by atoms with Gasteiger partial charge in [0.25, 0.3) is 0 Å². The van der Waals surface area contributed by atoms with Gasteiger partial charge < -0.3 is 9.30 Å². The second-order valence-electron chi connectivity index (χ2n) is 9.18. The molecule has 0 spiro atoms. The highest BCUT2D eigenvalue weighted by molar-refractivity contribution is 6.34. The fraction of sp³-hybridized carbons (Fsp3) is 0.250. The molecule has 1 fully saturated rings. The second kappa shape index (κ2) is 8.51. The van der Waals surface area contributed by atoms with Crippen LogP contribution in [-0.2, 0) is 13.2 Å². The third-order valence-corrected chi connectivity index (χ3v) is 7.31. The van der Waals surface area contributed by atoms with Crippen molar-refractivity contribution in [2.75, 3.05) is 0 Å². The highest BCUT2D eigenvalue weighted by Gasteiger charge is 2.27. The van der Waals surface area contributed by atoms with Crippen LogP contribution in [-0.4, -0.2) is 14.5 Å². The van der Waals surface area contributed by atoms with Crippen molar-refractivity contribution in [3.63, 3.8) is 0 Å². The molecule has 0 saturated heterocycles. The van der Waals surface area contributed by atoms with E-state index >= 15 is 0 Å². The second-order valence-corrected chi connectivity index (χ2v) is 9.59. The Morgan fingerprint density at radius 2 is 2.03 bits per heavy atom. The lowest BCUT2D eigenvalue weighted by Gasteiger charge is -2.25. The van der Waals surface area contributed by atoms with Crippen molar-refractivity contribution in [1.29, 1.82) is 5.26 Å². The highest BCUT2D eigenvalue weighted by atomic mass is 35.5. The molecule has 0 amide bonds. The largest absolute Gasteiger partial charge is 0.488 e. The predicted molar refractivity (Wildman–Crippen MR) is 133 cm³/mol. The van der Waals surface area contributed by atoms with Crippen molar-refractivity contribution >= 4 is 28.3 Å². The van der Waals surface area contributed by atoms with Crippen LogP contribution in [0.1, 0.15) is 60.2 Å². The zero-order chi connectivity index (χ0) is 24.1. The lowest BCUT2D eigenvalue weighted by Crippen LogP contribution is -2.16. The smallest absolute Gasteiger partial charge is 0.161 e. The zero-order valence-corrected chi connectivity index (χ0v) is 19.9. The number of hydrogen-bond acceptors (Lipinski definition) is 4. The molecule has 35 heavy (non-hydrogen) atoms. The number of hydrogen-bond donors (Lipinski definition) is 0. The molecule has 1 saturated carbocycles. The maximum Gasteiger partial charge on any atom is 0.161 e. The summed E-state index contributed by atoms with van der Waals surface area (Å²) < 4.78 is 22.1. The monoisotopic (exact) mass is 484 g/mol. The lowest BCUT2D eigenvalue weighted by atomic mass is 9.85. The molecule has 0 bridgehead atoms. The van der Waals surface area contributed by atoms with E-state index in [1.807, 2.05) is 6.07 Å². The van der Waals surface area contributed by atoms with Gasteiger partial charge in [0, 0.05) is 34.9 Å². The van der Waals surface area contributed by atoms with Crippen molar-refractivity contribution in [2.24, 2.45) is 0 Å². The Morgan fingerprint density at radius 1 is 1.20 bits per heavy atom. The van der Waals surface area contributed by atoms with E-state index in [4.69, 9.17) is 21.3 Å². The van der Waals surface area contributed by atoms with Crippen LogP contribution >= 0.6 is 11.6 Å². The van der Waals surface area contributed by atoms with E-state index in [0.717, 1.165) is 57.7 Å². The van der Waals surface area contributed by atoms with Crippen LogP contribution in [0.3, 0.4) is 0 Å². The molecule has 0 radical (unpaired) electrons. The first kappa shape index (κ1) is 21.8. The first-order valence-electron chi connectivity index (χ1n) is 11.7. The van der Waals surface area contributed by atoms with Crippen LogP contribution in [0.5, 0.6) is 5.75 Å². The number of rotatable bonds is 3. The Morgan fingerprint density at radius 3 is 2.80 bits per heavy atom. The maximum atomic E-state index is 13.9. The number of allylic oxidation sites excluding steroid dienone is 1. The van der Waals surface area contributed by atoms with Gasteiger partial charge >= 0.3 is 0 Å². The summed E-state index contributed by atoms with van der Waals surface area (Å²) in [6.07, 6.45) is 5.17. The number of ether oxygens (including phenoxy) is 1. The molecule has 2 aliphatic rings. The third-order valence-electron chi connectivity index (χ3n) is 7.00. The first-order chi connectivity index (χ1) is 17.0. The topological polar surface area (TPSA) is 63.7 Å². The predicted octanol–water partition coefficient (Wildman–Crippen LogP) is 6.78. The molecule has 1 aliphatic heterocycles. The van der Waals surface area contributed by atoms with E-state index in [1.165, 1.54) is 18.6 Å². The van der Waals surface area contributed by atoms with E-state index in [2.05, 4.69) is 27.8 Å². The van der Waals surface area contributed by atoms with Gasteiger partial charge in [-0.15, -0.1) is 0 Å². The Labute approximate surface area is 207 Å². The Hall–Kier alpha value is -3.69. The molecule has 1 aliphatic carbocycles. The van der Waals surface area contributed by atoms with Gasteiger partial charge in [-0.25, -0.2) is 14.4 Å². The average Bonchev–Trinajstić information content (AvgIpc) is 3.08. The number of fused-ring (bicyclic) bond motifs is 3. The summed E-state index contributed by atoms with van der Waals surface area (Å²) in [6, 6.07) is 14.7. The summed E-state index contributed by atoms with van der Waals surface area (Å²) >= 11 is 6.45. The molecule has 0 N–H and O–H groups in total. The number of nitriles is 1. The van der Waals surface area contributed by atoms with E-state index in [-0.39, 0.29) is 12.4 Å². The average molecular weight is 485 g/mol. The molecule has 7 heteroatoms. The molecule has 0 atom stereocenters. The number of benzene rings is 2. The van der Waals surface area contributed by atoms with Crippen LogP contribution in [0, 0.1) is 17.1 Å². The quantitative estimate of drug-likeness (QED) is 0.301. The van der Waals surface area contributed by atoms with Crippen molar-refractivity contribution in [2.45, 2.75) is 45.3 Å². The van der Waals surface area contributed by atoms with Gasteiger partial charge in [0.2, 0.25) is 0 Å². The lowest BCUT2D eigenvalue weighted by molar-refractivity contribution is 0.305. The summed E-state index contributed by atoms with van der Waals surface area (Å²) in [5.41, 5.74) is 6.53. The Bertz CT molecular complexity index is 1560. The molecular weight excluding hydrogens is 463 g/mol. The van der Waals surface area contributed by atoms with Crippen molar-refractivity contribution < 1.29 is 9.13 Å². The van der Waals surface area contributed by atoms with Gasteiger partial charge in [0.05, 0.1) is 17.6 Å². The van der Waals surface area contributed by atoms with Crippen molar-refractivity contribution in [3.8, 4) is 11.8 Å². The molecule has 5 nitrogen and oxygen atoms in total. The molecule has 2 aromatic carbocycles. The normalized spacial score (nSPS) is 16.5. The minimum absolute atomic E-state index is 0.284. The zero-order valence-electron chi connectivity index (χ0n) is 19.2. The van der Waals surface area contributed by atoms with Crippen LogP contribution in [0.15, 0.2) is 54.2 Å². The minimum Gasteiger partial charge on any atom is -0.488 e. The SMILES string of the molecule is C/C(C#N)=C1/c2ccc(Cn3c(C4CCC4)nc4c(Cl)ccnc43)cc2COc2cc(F)ccc21. The van der Waals surface area contributed by atoms with Crippen LogP contribution in [0.2, 0.25) is 5.02 Å². The fourth-order valence-electron chi connectivity index (χ4n) is 5.01. The molecule has 6 rings (SSSR count). The first-order valence-corrected chi connectivity index (χ1v) is 12.1. The molecule has 0 unspecified atom stereocenters. The standard InChI is InChI=1S/C28H22ClFN4O/c1-16(13-31)25-21-7-5-17(11-19(21)15-35-24-12-20(30)6-8-22(24)25)14-34-27(18-3-2-4-18)33-26-23(29)9-10-32-28(26)34/h5-12,18H,2-4,14-15H2,1H3/b25-16+. The summed E-state index contributed by atoms with van der Waals surface area (Å²) in [7, 11) is 0. The summed E-state index contributed by atoms with van der Waals surface area (Å²) in [6.45, 7) is 2.66. The van der Waals surface area contributed by atoms with Crippen molar-refractivity contribution in [3.05, 3.63) is 93.2 Å². The number of pyridine rings is 1. The minimum atomic E-state index is -0.369. The molecule has 174 valence electrons. The van der Waals surface area contributed by atoms with Gasteiger partial charge in [-0.05, 0) is 60.7 Å². The van der Waals surface area contributed by atoms with Crippen LogP contribution in [0.4, 0.5) is 4.39 Å². The Kier molecular flexibility index (Phi) is 5.31. The van der Waals surface area contributed by atoms with E-state index in [1.54, 1.807) is 25.3 Å². The van der Waals surface area contributed by atoms with E-state index < -0.39 is 0 Å². The summed E-state index contributed by atoms with van der Waals surface area (Å²) in [5.74, 6) is 1.52.